The van der Waals surface area contributed by atoms with Crippen molar-refractivity contribution in [3.63, 3.8) is 0 Å². The molecule has 0 aromatic heterocycles. The molecule has 108 valence electrons. The summed E-state index contributed by atoms with van der Waals surface area (Å²) in [4.78, 5) is 23.2. The molecule has 5 heteroatoms. The molecule has 1 aliphatic carbocycles. The van der Waals surface area contributed by atoms with Crippen molar-refractivity contribution in [1.82, 2.24) is 5.32 Å². The van der Waals surface area contributed by atoms with Crippen LogP contribution in [0.15, 0.2) is 24.3 Å². The Balaban J connectivity index is 1.98. The van der Waals surface area contributed by atoms with E-state index in [1.807, 2.05) is 6.92 Å². The number of amides is 1. The number of halogens is 1. The Labute approximate surface area is 117 Å². The number of carbonyl (C=O) groups excluding carboxylic acids is 1. The summed E-state index contributed by atoms with van der Waals surface area (Å²) >= 11 is 0. The van der Waals surface area contributed by atoms with Crippen LogP contribution in [0.5, 0.6) is 0 Å². The number of aliphatic carboxylic acids is 1. The van der Waals surface area contributed by atoms with Gasteiger partial charge in [0.15, 0.2) is 0 Å². The van der Waals surface area contributed by atoms with Crippen LogP contribution in [0.1, 0.15) is 25.3 Å². The summed E-state index contributed by atoms with van der Waals surface area (Å²) < 4.78 is 13.4. The molecule has 0 bridgehead atoms. The first-order valence-corrected chi connectivity index (χ1v) is 6.73. The van der Waals surface area contributed by atoms with Crippen LogP contribution in [0.4, 0.5) is 4.39 Å². The second kappa shape index (κ2) is 6.03. The van der Waals surface area contributed by atoms with E-state index in [9.17, 15) is 14.0 Å². The van der Waals surface area contributed by atoms with Crippen LogP contribution >= 0.6 is 0 Å². The van der Waals surface area contributed by atoms with Gasteiger partial charge in [0.2, 0.25) is 5.91 Å². The molecule has 1 aromatic rings. The first kappa shape index (κ1) is 14.5. The van der Waals surface area contributed by atoms with E-state index in [0.29, 0.717) is 18.4 Å². The zero-order chi connectivity index (χ0) is 14.7. The zero-order valence-corrected chi connectivity index (χ0v) is 11.3. The molecule has 1 aliphatic rings. The second-order valence-electron chi connectivity index (χ2n) is 5.44. The number of hydrogen-bond donors (Lipinski definition) is 2. The summed E-state index contributed by atoms with van der Waals surface area (Å²) in [5.74, 6) is -2.53. The number of nitrogens with one attached hydrogen (secondary N) is 1. The number of benzene rings is 1. The third-order valence-electron chi connectivity index (χ3n) is 3.86. The highest BCUT2D eigenvalue weighted by atomic mass is 19.1. The van der Waals surface area contributed by atoms with Gasteiger partial charge >= 0.3 is 5.97 Å². The summed E-state index contributed by atoms with van der Waals surface area (Å²) in [5, 5.41) is 11.8. The van der Waals surface area contributed by atoms with Crippen molar-refractivity contribution in [1.29, 1.82) is 0 Å². The van der Waals surface area contributed by atoms with Gasteiger partial charge in [0.05, 0.1) is 11.8 Å². The van der Waals surface area contributed by atoms with Gasteiger partial charge in [-0.15, -0.1) is 0 Å². The van der Waals surface area contributed by atoms with Crippen LogP contribution in [-0.4, -0.2) is 17.0 Å². The molecule has 1 saturated carbocycles. The molecule has 20 heavy (non-hydrogen) atoms. The Bertz CT molecular complexity index is 518. The number of carboxylic acids is 1. The van der Waals surface area contributed by atoms with Crippen molar-refractivity contribution in [2.75, 3.05) is 0 Å². The fraction of sp³-hybridized carbons (Fsp3) is 0.467. The maximum atomic E-state index is 13.4. The quantitative estimate of drug-likeness (QED) is 0.887. The van der Waals surface area contributed by atoms with Gasteiger partial charge in [-0.2, -0.15) is 0 Å². The van der Waals surface area contributed by atoms with Crippen molar-refractivity contribution in [3.05, 3.63) is 35.6 Å². The molecular weight excluding hydrogens is 261 g/mol. The predicted octanol–water partition coefficient (Wildman–Crippen LogP) is 2.19. The molecule has 3 unspecified atom stereocenters. The third-order valence-corrected chi connectivity index (χ3v) is 3.86. The van der Waals surface area contributed by atoms with Crippen LogP contribution in [-0.2, 0) is 16.1 Å². The van der Waals surface area contributed by atoms with Gasteiger partial charge in [-0.1, -0.05) is 25.1 Å². The average molecular weight is 279 g/mol. The molecule has 0 spiro atoms. The summed E-state index contributed by atoms with van der Waals surface area (Å²) in [7, 11) is 0. The minimum absolute atomic E-state index is 0.0860. The van der Waals surface area contributed by atoms with Gasteiger partial charge in [-0.05, 0) is 24.8 Å². The van der Waals surface area contributed by atoms with Crippen molar-refractivity contribution in [2.45, 2.75) is 26.3 Å². The highest BCUT2D eigenvalue weighted by Gasteiger charge is 2.41. The Morgan fingerprint density at radius 1 is 1.30 bits per heavy atom. The van der Waals surface area contributed by atoms with E-state index in [-0.39, 0.29) is 24.2 Å². The molecule has 0 radical (unpaired) electrons. The number of rotatable bonds is 4. The maximum absolute atomic E-state index is 13.4. The second-order valence-corrected chi connectivity index (χ2v) is 5.44. The maximum Gasteiger partial charge on any atom is 0.307 e. The van der Waals surface area contributed by atoms with Crippen LogP contribution in [0.25, 0.3) is 0 Å². The molecule has 3 atom stereocenters. The van der Waals surface area contributed by atoms with Crippen molar-refractivity contribution in [3.8, 4) is 0 Å². The SMILES string of the molecule is CC1CC(C(=O)O)C(C(=O)NCc2ccccc2F)C1. The third kappa shape index (κ3) is 3.15. The topological polar surface area (TPSA) is 66.4 Å². The van der Waals surface area contributed by atoms with Gasteiger partial charge in [0.25, 0.3) is 0 Å². The molecule has 2 N–H and O–H groups in total. The summed E-state index contributed by atoms with van der Waals surface area (Å²) in [5.41, 5.74) is 0.402. The van der Waals surface area contributed by atoms with Crippen molar-refractivity contribution in [2.24, 2.45) is 17.8 Å². The van der Waals surface area contributed by atoms with Crippen LogP contribution < -0.4 is 5.32 Å². The standard InChI is InChI=1S/C15H18FNO3/c1-9-6-11(12(7-9)15(19)20)14(18)17-8-10-4-2-3-5-13(10)16/h2-5,9,11-12H,6-8H2,1H3,(H,17,18)(H,19,20). The Morgan fingerprint density at radius 2 is 1.95 bits per heavy atom. The molecule has 1 amide bonds. The number of carbonyl (C=O) groups is 2. The number of hydrogen-bond acceptors (Lipinski definition) is 2. The summed E-state index contributed by atoms with van der Waals surface area (Å²) in [6, 6.07) is 6.21. The fourth-order valence-electron chi connectivity index (χ4n) is 2.81. The largest absolute Gasteiger partial charge is 0.481 e. The first-order chi connectivity index (χ1) is 9.49. The van der Waals surface area contributed by atoms with Crippen LogP contribution in [0.2, 0.25) is 0 Å². The molecular formula is C15H18FNO3. The lowest BCUT2D eigenvalue weighted by Crippen LogP contribution is -2.35. The Kier molecular flexibility index (Phi) is 4.37. The van der Waals surface area contributed by atoms with Gasteiger partial charge in [-0.3, -0.25) is 9.59 Å². The van der Waals surface area contributed by atoms with Gasteiger partial charge in [0, 0.05) is 12.1 Å². The minimum Gasteiger partial charge on any atom is -0.481 e. The molecule has 4 nitrogen and oxygen atoms in total. The summed E-state index contributed by atoms with van der Waals surface area (Å²) in [6.07, 6.45) is 1.09. The molecule has 0 aliphatic heterocycles. The molecule has 1 aromatic carbocycles. The van der Waals surface area contributed by atoms with E-state index in [0.717, 1.165) is 0 Å². The van der Waals surface area contributed by atoms with E-state index in [2.05, 4.69) is 5.32 Å². The highest BCUT2D eigenvalue weighted by molar-refractivity contribution is 5.85. The van der Waals surface area contributed by atoms with Crippen molar-refractivity contribution < 1.29 is 19.1 Å². The number of carboxylic acid groups (broad SMARTS) is 1. The monoisotopic (exact) mass is 279 g/mol. The lowest BCUT2D eigenvalue weighted by atomic mass is 9.95. The van der Waals surface area contributed by atoms with Crippen molar-refractivity contribution >= 4 is 11.9 Å². The van der Waals surface area contributed by atoms with Crippen LogP contribution in [0.3, 0.4) is 0 Å². The normalized spacial score (nSPS) is 25.4. The van der Waals surface area contributed by atoms with E-state index in [4.69, 9.17) is 5.11 Å². The predicted molar refractivity (Wildman–Crippen MR) is 71.3 cm³/mol. The molecule has 2 rings (SSSR count). The average Bonchev–Trinajstić information content (AvgIpc) is 2.80. The fourth-order valence-corrected chi connectivity index (χ4v) is 2.81. The van der Waals surface area contributed by atoms with Gasteiger partial charge in [0.1, 0.15) is 5.82 Å². The molecule has 0 saturated heterocycles. The first-order valence-electron chi connectivity index (χ1n) is 6.73. The van der Waals surface area contributed by atoms with E-state index < -0.39 is 17.8 Å². The molecule has 1 fully saturated rings. The minimum atomic E-state index is -0.930. The smallest absolute Gasteiger partial charge is 0.307 e. The van der Waals surface area contributed by atoms with Gasteiger partial charge < -0.3 is 10.4 Å². The van der Waals surface area contributed by atoms with E-state index >= 15 is 0 Å². The lowest BCUT2D eigenvalue weighted by Gasteiger charge is -2.15. The van der Waals surface area contributed by atoms with E-state index in [1.54, 1.807) is 18.2 Å². The van der Waals surface area contributed by atoms with Gasteiger partial charge in [-0.25, -0.2) is 4.39 Å². The highest BCUT2D eigenvalue weighted by Crippen LogP contribution is 2.36. The lowest BCUT2D eigenvalue weighted by molar-refractivity contribution is -0.146. The Hall–Kier alpha value is -1.91. The Morgan fingerprint density at radius 3 is 2.60 bits per heavy atom. The summed E-state index contributed by atoms with van der Waals surface area (Å²) in [6.45, 7) is 2.03. The molecule has 0 heterocycles. The zero-order valence-electron chi connectivity index (χ0n) is 11.3. The van der Waals surface area contributed by atoms with Crippen LogP contribution in [0, 0.1) is 23.6 Å². The van der Waals surface area contributed by atoms with E-state index in [1.165, 1.54) is 6.07 Å².